The first-order chi connectivity index (χ1) is 6.20. The SMILES string of the molecule is CC(CC(=O)O)C1C2CCSCC21. The van der Waals surface area contributed by atoms with Gasteiger partial charge in [0.15, 0.2) is 0 Å². The van der Waals surface area contributed by atoms with Crippen LogP contribution >= 0.6 is 11.8 Å². The zero-order valence-electron chi connectivity index (χ0n) is 7.90. The fourth-order valence-corrected chi connectivity index (χ4v) is 4.16. The number of fused-ring (bicyclic) bond motifs is 1. The highest BCUT2D eigenvalue weighted by atomic mass is 32.2. The summed E-state index contributed by atoms with van der Waals surface area (Å²) in [5.41, 5.74) is 0. The van der Waals surface area contributed by atoms with E-state index in [0.29, 0.717) is 12.3 Å². The fourth-order valence-electron chi connectivity index (χ4n) is 2.81. The molecule has 0 bridgehead atoms. The molecule has 1 aliphatic carbocycles. The van der Waals surface area contributed by atoms with Crippen LogP contribution in [0.4, 0.5) is 0 Å². The van der Waals surface area contributed by atoms with Gasteiger partial charge in [-0.2, -0.15) is 11.8 Å². The van der Waals surface area contributed by atoms with E-state index in [1.165, 1.54) is 17.9 Å². The Balaban J connectivity index is 1.85. The highest BCUT2D eigenvalue weighted by molar-refractivity contribution is 7.99. The van der Waals surface area contributed by atoms with Crippen LogP contribution in [0.1, 0.15) is 19.8 Å². The van der Waals surface area contributed by atoms with Crippen molar-refractivity contribution >= 4 is 17.7 Å². The van der Waals surface area contributed by atoms with Crippen LogP contribution in [0.5, 0.6) is 0 Å². The van der Waals surface area contributed by atoms with Gasteiger partial charge in [0.25, 0.3) is 0 Å². The average molecular weight is 200 g/mol. The van der Waals surface area contributed by atoms with Gasteiger partial charge in [0.1, 0.15) is 0 Å². The van der Waals surface area contributed by atoms with Crippen LogP contribution in [0.25, 0.3) is 0 Å². The molecule has 2 fully saturated rings. The Morgan fingerprint density at radius 2 is 2.38 bits per heavy atom. The van der Waals surface area contributed by atoms with Gasteiger partial charge < -0.3 is 5.11 Å². The molecule has 0 radical (unpaired) electrons. The number of rotatable bonds is 3. The highest BCUT2D eigenvalue weighted by Gasteiger charge is 2.53. The summed E-state index contributed by atoms with van der Waals surface area (Å²) in [7, 11) is 0. The molecular weight excluding hydrogens is 184 g/mol. The third kappa shape index (κ3) is 1.85. The van der Waals surface area contributed by atoms with Gasteiger partial charge in [-0.1, -0.05) is 6.92 Å². The Bertz CT molecular complexity index is 205. The lowest BCUT2D eigenvalue weighted by molar-refractivity contribution is -0.138. The van der Waals surface area contributed by atoms with Crippen LogP contribution in [-0.4, -0.2) is 22.6 Å². The summed E-state index contributed by atoms with van der Waals surface area (Å²) in [4.78, 5) is 10.5. The minimum Gasteiger partial charge on any atom is -0.481 e. The summed E-state index contributed by atoms with van der Waals surface area (Å²) in [6.07, 6.45) is 1.69. The van der Waals surface area contributed by atoms with E-state index < -0.39 is 5.97 Å². The van der Waals surface area contributed by atoms with Gasteiger partial charge in [0.2, 0.25) is 0 Å². The molecule has 3 heteroatoms. The van der Waals surface area contributed by atoms with Gasteiger partial charge in [-0.05, 0) is 41.6 Å². The quantitative estimate of drug-likeness (QED) is 0.758. The number of thioether (sulfide) groups is 1. The molecular formula is C10H16O2S. The molecule has 0 amide bonds. The second-order valence-corrected chi connectivity index (χ2v) is 5.49. The summed E-state index contributed by atoms with van der Waals surface area (Å²) in [6.45, 7) is 2.10. The molecule has 4 unspecified atom stereocenters. The van der Waals surface area contributed by atoms with E-state index >= 15 is 0 Å². The number of hydrogen-bond donors (Lipinski definition) is 1. The summed E-state index contributed by atoms with van der Waals surface area (Å²) in [5, 5.41) is 8.69. The third-order valence-corrected chi connectivity index (χ3v) is 4.60. The fraction of sp³-hybridized carbons (Fsp3) is 0.900. The zero-order chi connectivity index (χ0) is 9.42. The van der Waals surface area contributed by atoms with Crippen molar-refractivity contribution in [3.63, 3.8) is 0 Å². The van der Waals surface area contributed by atoms with Gasteiger partial charge in [-0.15, -0.1) is 0 Å². The molecule has 1 saturated carbocycles. The van der Waals surface area contributed by atoms with Crippen molar-refractivity contribution in [2.24, 2.45) is 23.7 Å². The van der Waals surface area contributed by atoms with E-state index in [2.05, 4.69) is 6.92 Å². The number of carboxylic acids is 1. The lowest BCUT2D eigenvalue weighted by atomic mass is 9.99. The predicted octanol–water partition coefficient (Wildman–Crippen LogP) is 2.10. The molecule has 74 valence electrons. The first kappa shape index (κ1) is 9.38. The summed E-state index contributed by atoms with van der Waals surface area (Å²) < 4.78 is 0. The van der Waals surface area contributed by atoms with Crippen molar-refractivity contribution in [1.82, 2.24) is 0 Å². The van der Waals surface area contributed by atoms with Crippen LogP contribution in [0.2, 0.25) is 0 Å². The summed E-state index contributed by atoms with van der Waals surface area (Å²) >= 11 is 2.04. The van der Waals surface area contributed by atoms with Crippen molar-refractivity contribution in [3.8, 4) is 0 Å². The van der Waals surface area contributed by atoms with Crippen LogP contribution in [0, 0.1) is 23.7 Å². The Labute approximate surface area is 83.1 Å². The molecule has 0 aromatic carbocycles. The van der Waals surface area contributed by atoms with E-state index in [1.54, 1.807) is 0 Å². The Morgan fingerprint density at radius 3 is 2.92 bits per heavy atom. The lowest BCUT2D eigenvalue weighted by Crippen LogP contribution is -2.07. The average Bonchev–Trinajstić information content (AvgIpc) is 2.76. The lowest BCUT2D eigenvalue weighted by Gasteiger charge is -2.06. The van der Waals surface area contributed by atoms with Crippen molar-refractivity contribution in [1.29, 1.82) is 0 Å². The summed E-state index contributed by atoms with van der Waals surface area (Å²) in [5.74, 6) is 4.78. The molecule has 0 aromatic heterocycles. The minimum absolute atomic E-state index is 0.363. The van der Waals surface area contributed by atoms with Crippen molar-refractivity contribution in [2.45, 2.75) is 19.8 Å². The van der Waals surface area contributed by atoms with E-state index in [4.69, 9.17) is 5.11 Å². The summed E-state index contributed by atoms with van der Waals surface area (Å²) in [6, 6.07) is 0. The molecule has 2 aliphatic rings. The van der Waals surface area contributed by atoms with E-state index in [0.717, 1.165) is 17.8 Å². The highest BCUT2D eigenvalue weighted by Crippen LogP contribution is 2.57. The van der Waals surface area contributed by atoms with Crippen LogP contribution in [-0.2, 0) is 4.79 Å². The van der Waals surface area contributed by atoms with Crippen molar-refractivity contribution < 1.29 is 9.90 Å². The maximum atomic E-state index is 10.5. The van der Waals surface area contributed by atoms with Crippen molar-refractivity contribution in [3.05, 3.63) is 0 Å². The van der Waals surface area contributed by atoms with Gasteiger partial charge in [-0.3, -0.25) is 4.79 Å². The standard InChI is InChI=1S/C10H16O2S/c1-6(4-9(11)12)10-7-2-3-13-5-8(7)10/h6-8,10H,2-5H2,1H3,(H,11,12). The zero-order valence-corrected chi connectivity index (χ0v) is 8.72. The number of carboxylic acid groups (broad SMARTS) is 1. The minimum atomic E-state index is -0.635. The number of hydrogen-bond acceptors (Lipinski definition) is 2. The monoisotopic (exact) mass is 200 g/mol. The van der Waals surface area contributed by atoms with Gasteiger partial charge in [0.05, 0.1) is 0 Å². The maximum Gasteiger partial charge on any atom is 0.303 e. The van der Waals surface area contributed by atoms with Gasteiger partial charge >= 0.3 is 5.97 Å². The second kappa shape index (κ2) is 3.52. The van der Waals surface area contributed by atoms with E-state index in [1.807, 2.05) is 11.8 Å². The Kier molecular flexibility index (Phi) is 2.54. The molecule has 1 saturated heterocycles. The largest absolute Gasteiger partial charge is 0.481 e. The van der Waals surface area contributed by atoms with Crippen LogP contribution < -0.4 is 0 Å². The predicted molar refractivity (Wildman–Crippen MR) is 53.8 cm³/mol. The Hall–Kier alpha value is -0.180. The second-order valence-electron chi connectivity index (χ2n) is 4.34. The van der Waals surface area contributed by atoms with Gasteiger partial charge in [-0.25, -0.2) is 0 Å². The van der Waals surface area contributed by atoms with Crippen LogP contribution in [0.3, 0.4) is 0 Å². The third-order valence-electron chi connectivity index (χ3n) is 3.46. The molecule has 1 N–H and O–H groups in total. The molecule has 13 heavy (non-hydrogen) atoms. The molecule has 0 spiro atoms. The number of carbonyl (C=O) groups is 1. The first-order valence-corrected chi connectivity index (χ1v) is 6.15. The molecule has 4 atom stereocenters. The normalized spacial score (nSPS) is 39.3. The molecule has 1 aliphatic heterocycles. The smallest absolute Gasteiger partial charge is 0.303 e. The molecule has 2 rings (SSSR count). The van der Waals surface area contributed by atoms with E-state index in [-0.39, 0.29) is 0 Å². The molecule has 1 heterocycles. The first-order valence-electron chi connectivity index (χ1n) is 4.99. The maximum absolute atomic E-state index is 10.5. The topological polar surface area (TPSA) is 37.3 Å². The van der Waals surface area contributed by atoms with Crippen molar-refractivity contribution in [2.75, 3.05) is 11.5 Å². The number of aliphatic carboxylic acids is 1. The molecule has 2 nitrogen and oxygen atoms in total. The Morgan fingerprint density at radius 1 is 1.62 bits per heavy atom. The van der Waals surface area contributed by atoms with E-state index in [9.17, 15) is 4.79 Å². The molecule has 0 aromatic rings. The van der Waals surface area contributed by atoms with Gasteiger partial charge in [0, 0.05) is 6.42 Å². The van der Waals surface area contributed by atoms with Crippen LogP contribution in [0.15, 0.2) is 0 Å².